The molecule has 0 amide bonds. The summed E-state index contributed by atoms with van der Waals surface area (Å²) in [7, 11) is 0. The third-order valence-electron chi connectivity index (χ3n) is 2.33. The van der Waals surface area contributed by atoms with Gasteiger partial charge in [-0.3, -0.25) is 0 Å². The first-order valence-corrected chi connectivity index (χ1v) is 6.65. The molecule has 3 nitrogen and oxygen atoms in total. The van der Waals surface area contributed by atoms with Crippen LogP contribution < -0.4 is 0 Å². The number of hydrogen-bond acceptors (Lipinski definition) is 3. The summed E-state index contributed by atoms with van der Waals surface area (Å²) in [6.07, 6.45) is -0.463. The van der Waals surface area contributed by atoms with E-state index in [0.717, 1.165) is 0 Å². The molecule has 0 aliphatic carbocycles. The van der Waals surface area contributed by atoms with E-state index in [1.807, 2.05) is 20.8 Å². The molecule has 0 aliphatic rings. The molecule has 118 valence electrons. The Morgan fingerprint density at radius 1 is 1.20 bits per heavy atom. The zero-order valence-electron chi connectivity index (χ0n) is 12.8. The second kappa shape index (κ2) is 8.49. The third kappa shape index (κ3) is 7.72. The van der Waals surface area contributed by atoms with Crippen molar-refractivity contribution in [3.05, 3.63) is 25.3 Å². The summed E-state index contributed by atoms with van der Waals surface area (Å²) in [6, 6.07) is 0. The molecule has 0 radical (unpaired) electrons. The van der Waals surface area contributed by atoms with Crippen molar-refractivity contribution in [2.45, 2.75) is 46.0 Å². The van der Waals surface area contributed by atoms with Crippen molar-refractivity contribution in [1.29, 1.82) is 0 Å². The molecular weight excluding hydrogens is 266 g/mol. The first-order chi connectivity index (χ1) is 9.16. The van der Waals surface area contributed by atoms with Gasteiger partial charge in [-0.1, -0.05) is 33.9 Å². The van der Waals surface area contributed by atoms with Crippen LogP contribution in [0.5, 0.6) is 0 Å². The maximum atomic E-state index is 13.8. The Balaban J connectivity index is 4.65. The largest absolute Gasteiger partial charge is 0.378 e. The highest BCUT2D eigenvalue weighted by Crippen LogP contribution is 2.25. The van der Waals surface area contributed by atoms with Gasteiger partial charge in [0.1, 0.15) is 0 Å². The average Bonchev–Trinajstić information content (AvgIpc) is 2.35. The molecule has 0 aromatic rings. The summed E-state index contributed by atoms with van der Waals surface area (Å²) in [6.45, 7) is 14.7. The number of ether oxygens (including phenoxy) is 3. The SMILES string of the molecule is C=CC(OCC)OC(COCC(C)(C)C)C(F)(F)C=C. The fourth-order valence-electron chi connectivity index (χ4n) is 1.33. The Morgan fingerprint density at radius 3 is 2.20 bits per heavy atom. The lowest BCUT2D eigenvalue weighted by Gasteiger charge is -2.28. The smallest absolute Gasteiger partial charge is 0.294 e. The van der Waals surface area contributed by atoms with Gasteiger partial charge >= 0.3 is 0 Å². The van der Waals surface area contributed by atoms with Gasteiger partial charge in [0, 0.05) is 6.61 Å². The van der Waals surface area contributed by atoms with E-state index in [9.17, 15) is 8.78 Å². The van der Waals surface area contributed by atoms with Crippen molar-refractivity contribution in [2.75, 3.05) is 19.8 Å². The number of hydrogen-bond donors (Lipinski definition) is 0. The van der Waals surface area contributed by atoms with Crippen LogP contribution in [0, 0.1) is 5.41 Å². The van der Waals surface area contributed by atoms with E-state index in [0.29, 0.717) is 19.3 Å². The molecule has 0 saturated carbocycles. The van der Waals surface area contributed by atoms with E-state index in [4.69, 9.17) is 14.2 Å². The van der Waals surface area contributed by atoms with Crippen molar-refractivity contribution >= 4 is 0 Å². The van der Waals surface area contributed by atoms with Gasteiger partial charge in [-0.15, -0.1) is 0 Å². The first kappa shape index (κ1) is 19.2. The van der Waals surface area contributed by atoms with Crippen LogP contribution in [0.15, 0.2) is 25.3 Å². The van der Waals surface area contributed by atoms with Crippen LogP contribution >= 0.6 is 0 Å². The number of rotatable bonds is 10. The highest BCUT2D eigenvalue weighted by molar-refractivity contribution is 4.95. The summed E-state index contributed by atoms with van der Waals surface area (Å²) in [5, 5.41) is 0. The van der Waals surface area contributed by atoms with Crippen LogP contribution in [0.1, 0.15) is 27.7 Å². The van der Waals surface area contributed by atoms with Gasteiger partial charge in [0.2, 0.25) is 0 Å². The minimum absolute atomic E-state index is 0.105. The molecule has 0 aromatic carbocycles. The fraction of sp³-hybridized carbons (Fsp3) is 0.733. The van der Waals surface area contributed by atoms with Crippen LogP contribution in [0.2, 0.25) is 0 Å². The third-order valence-corrected chi connectivity index (χ3v) is 2.33. The van der Waals surface area contributed by atoms with E-state index in [2.05, 4.69) is 13.2 Å². The van der Waals surface area contributed by atoms with Crippen molar-refractivity contribution in [3.8, 4) is 0 Å². The second-order valence-electron chi connectivity index (χ2n) is 5.64. The Hall–Kier alpha value is -0.780. The fourth-order valence-corrected chi connectivity index (χ4v) is 1.33. The van der Waals surface area contributed by atoms with Crippen molar-refractivity contribution < 1.29 is 23.0 Å². The molecule has 20 heavy (non-hydrogen) atoms. The van der Waals surface area contributed by atoms with Crippen LogP contribution in [0.3, 0.4) is 0 Å². The van der Waals surface area contributed by atoms with Crippen LogP contribution in [0.25, 0.3) is 0 Å². The minimum atomic E-state index is -3.20. The van der Waals surface area contributed by atoms with E-state index in [-0.39, 0.29) is 12.0 Å². The second-order valence-corrected chi connectivity index (χ2v) is 5.64. The Bertz CT molecular complexity index is 298. The highest BCUT2D eigenvalue weighted by Gasteiger charge is 2.39. The Kier molecular flexibility index (Phi) is 8.16. The van der Waals surface area contributed by atoms with Crippen LogP contribution in [0.4, 0.5) is 8.78 Å². The molecule has 0 rings (SSSR count). The molecule has 0 heterocycles. The van der Waals surface area contributed by atoms with Crippen molar-refractivity contribution in [3.63, 3.8) is 0 Å². The zero-order valence-corrected chi connectivity index (χ0v) is 12.8. The van der Waals surface area contributed by atoms with E-state index < -0.39 is 18.3 Å². The van der Waals surface area contributed by atoms with E-state index in [1.54, 1.807) is 6.92 Å². The topological polar surface area (TPSA) is 27.7 Å². The maximum Gasteiger partial charge on any atom is 0.294 e. The minimum Gasteiger partial charge on any atom is -0.378 e. The summed E-state index contributed by atoms with van der Waals surface area (Å²) >= 11 is 0. The van der Waals surface area contributed by atoms with E-state index >= 15 is 0 Å². The van der Waals surface area contributed by atoms with Gasteiger partial charge in [0.05, 0.1) is 13.2 Å². The standard InChI is InChI=1S/C15H26F2O3/c1-7-13(19-9-3)20-12(15(16,17)8-2)10-18-11-14(4,5)6/h7-8,12-13H,1-2,9-11H2,3-6H3. The molecule has 0 aromatic heterocycles. The van der Waals surface area contributed by atoms with Crippen LogP contribution in [-0.4, -0.2) is 38.1 Å². The van der Waals surface area contributed by atoms with Gasteiger partial charge in [-0.25, -0.2) is 0 Å². The molecule has 0 spiro atoms. The van der Waals surface area contributed by atoms with Crippen molar-refractivity contribution in [1.82, 2.24) is 0 Å². The lowest BCUT2D eigenvalue weighted by Crippen LogP contribution is -2.41. The number of halogens is 2. The van der Waals surface area contributed by atoms with Crippen molar-refractivity contribution in [2.24, 2.45) is 5.41 Å². The molecule has 0 fully saturated rings. The predicted molar refractivity (Wildman–Crippen MR) is 75.9 cm³/mol. The van der Waals surface area contributed by atoms with Gasteiger partial charge in [0.15, 0.2) is 12.4 Å². The maximum absolute atomic E-state index is 13.8. The lowest BCUT2D eigenvalue weighted by molar-refractivity contribution is -0.211. The molecule has 2 unspecified atom stereocenters. The molecule has 5 heteroatoms. The lowest BCUT2D eigenvalue weighted by atomic mass is 9.99. The summed E-state index contributed by atoms with van der Waals surface area (Å²) in [4.78, 5) is 0. The highest BCUT2D eigenvalue weighted by atomic mass is 19.3. The molecule has 2 atom stereocenters. The normalized spacial score (nSPS) is 15.7. The van der Waals surface area contributed by atoms with E-state index in [1.165, 1.54) is 6.08 Å². The van der Waals surface area contributed by atoms with Gasteiger partial charge in [0.25, 0.3) is 5.92 Å². The molecule has 0 bridgehead atoms. The molecule has 0 saturated heterocycles. The molecule has 0 N–H and O–H groups in total. The Labute approximate surface area is 120 Å². The molecule has 0 aliphatic heterocycles. The summed E-state index contributed by atoms with van der Waals surface area (Å²) in [5.74, 6) is -3.20. The van der Waals surface area contributed by atoms with Gasteiger partial charge in [-0.2, -0.15) is 8.78 Å². The number of alkyl halides is 2. The summed E-state index contributed by atoms with van der Waals surface area (Å²) < 4.78 is 43.2. The average molecular weight is 292 g/mol. The van der Waals surface area contributed by atoms with Crippen LogP contribution in [-0.2, 0) is 14.2 Å². The monoisotopic (exact) mass is 292 g/mol. The van der Waals surface area contributed by atoms with Gasteiger partial charge < -0.3 is 14.2 Å². The predicted octanol–water partition coefficient (Wildman–Crippen LogP) is 3.80. The first-order valence-electron chi connectivity index (χ1n) is 6.65. The Morgan fingerprint density at radius 2 is 1.80 bits per heavy atom. The quantitative estimate of drug-likeness (QED) is 0.453. The summed E-state index contributed by atoms with van der Waals surface area (Å²) in [5.41, 5.74) is -0.105. The van der Waals surface area contributed by atoms with Gasteiger partial charge in [-0.05, 0) is 24.5 Å². The molecular formula is C15H26F2O3. The zero-order chi connectivity index (χ0) is 15.8.